The molecular formula is C22H20N2O3. The van der Waals surface area contributed by atoms with E-state index in [1.54, 1.807) is 0 Å². The van der Waals surface area contributed by atoms with Crippen LogP contribution in [-0.4, -0.2) is 22.2 Å². The molecule has 1 N–H and O–H groups in total. The van der Waals surface area contributed by atoms with Crippen LogP contribution in [0.3, 0.4) is 0 Å². The summed E-state index contributed by atoms with van der Waals surface area (Å²) in [6.45, 7) is 0. The second-order valence-corrected chi connectivity index (χ2v) is 7.08. The zero-order valence-corrected chi connectivity index (χ0v) is 14.7. The van der Waals surface area contributed by atoms with Crippen LogP contribution >= 0.6 is 0 Å². The van der Waals surface area contributed by atoms with Crippen LogP contribution < -0.4 is 0 Å². The molecular weight excluding hydrogens is 340 g/mol. The van der Waals surface area contributed by atoms with Gasteiger partial charge in [0.25, 0.3) is 0 Å². The Labute approximate surface area is 156 Å². The first-order valence-electron chi connectivity index (χ1n) is 9.06. The summed E-state index contributed by atoms with van der Waals surface area (Å²) in [5, 5.41) is 12.9. The molecule has 5 heteroatoms. The summed E-state index contributed by atoms with van der Waals surface area (Å²) >= 11 is 0. The summed E-state index contributed by atoms with van der Waals surface area (Å²) in [5.41, 5.74) is 3.63. The molecule has 27 heavy (non-hydrogen) atoms. The summed E-state index contributed by atoms with van der Waals surface area (Å²) in [4.78, 5) is 26.3. The molecule has 3 aromatic rings. The Morgan fingerprint density at radius 2 is 1.85 bits per heavy atom. The number of hydrogen-bond donors (Lipinski definition) is 1. The van der Waals surface area contributed by atoms with E-state index in [-0.39, 0.29) is 23.2 Å². The van der Waals surface area contributed by atoms with E-state index in [9.17, 15) is 14.9 Å². The van der Waals surface area contributed by atoms with Gasteiger partial charge in [-0.15, -0.1) is 0 Å². The molecule has 0 radical (unpaired) electrons. The van der Waals surface area contributed by atoms with Gasteiger partial charge in [-0.25, -0.2) is 0 Å². The SMILES string of the molecule is O=CC1=C[C@H](Cc2c[nH]c3ccccc23)[C@@H](c2ccccc2)[C@@H]([N+](=O)[O-])C1. The summed E-state index contributed by atoms with van der Waals surface area (Å²) in [6.07, 6.45) is 5.50. The molecule has 0 fully saturated rings. The van der Waals surface area contributed by atoms with Crippen LogP contribution in [0.25, 0.3) is 10.9 Å². The number of carbonyl (C=O) groups excluding carboxylic acids is 1. The smallest absolute Gasteiger partial charge is 0.224 e. The Kier molecular flexibility index (Phi) is 4.59. The highest BCUT2D eigenvalue weighted by Crippen LogP contribution is 2.40. The van der Waals surface area contributed by atoms with Gasteiger partial charge in [-0.2, -0.15) is 0 Å². The van der Waals surface area contributed by atoms with Gasteiger partial charge in [-0.05, 0) is 35.1 Å². The van der Waals surface area contributed by atoms with Crippen molar-refractivity contribution in [2.75, 3.05) is 0 Å². The number of aromatic nitrogens is 1. The van der Waals surface area contributed by atoms with Gasteiger partial charge in [0.05, 0.1) is 5.92 Å². The van der Waals surface area contributed by atoms with Crippen molar-refractivity contribution in [2.24, 2.45) is 5.92 Å². The maximum atomic E-state index is 11.8. The second kappa shape index (κ2) is 7.19. The Balaban J connectivity index is 1.78. The third-order valence-electron chi connectivity index (χ3n) is 5.49. The zero-order valence-electron chi connectivity index (χ0n) is 14.7. The van der Waals surface area contributed by atoms with Crippen LogP contribution in [0.5, 0.6) is 0 Å². The van der Waals surface area contributed by atoms with E-state index in [0.717, 1.165) is 28.3 Å². The van der Waals surface area contributed by atoms with Crippen LogP contribution in [0.2, 0.25) is 0 Å². The van der Waals surface area contributed by atoms with Crippen LogP contribution in [0.15, 0.2) is 72.4 Å². The van der Waals surface area contributed by atoms with Crippen molar-refractivity contribution >= 4 is 17.2 Å². The van der Waals surface area contributed by atoms with E-state index in [1.807, 2.05) is 60.8 Å². The largest absolute Gasteiger partial charge is 0.361 e. The van der Waals surface area contributed by atoms with Crippen molar-refractivity contribution in [3.63, 3.8) is 0 Å². The fourth-order valence-electron chi connectivity index (χ4n) is 4.28. The number of fused-ring (bicyclic) bond motifs is 1. The van der Waals surface area contributed by atoms with Crippen molar-refractivity contribution in [2.45, 2.75) is 24.8 Å². The van der Waals surface area contributed by atoms with Crippen molar-refractivity contribution in [3.8, 4) is 0 Å². The van der Waals surface area contributed by atoms with E-state index < -0.39 is 6.04 Å². The number of H-pyrrole nitrogens is 1. The molecule has 1 aliphatic carbocycles. The Bertz CT molecular complexity index is 1010. The van der Waals surface area contributed by atoms with E-state index >= 15 is 0 Å². The minimum atomic E-state index is -0.798. The number of para-hydroxylation sites is 1. The zero-order chi connectivity index (χ0) is 18.8. The molecule has 5 nitrogen and oxygen atoms in total. The maximum absolute atomic E-state index is 11.8. The predicted octanol–water partition coefficient (Wildman–Crippen LogP) is 4.28. The lowest BCUT2D eigenvalue weighted by Crippen LogP contribution is -2.36. The molecule has 1 heterocycles. The van der Waals surface area contributed by atoms with E-state index in [0.29, 0.717) is 12.0 Å². The fourth-order valence-corrected chi connectivity index (χ4v) is 4.28. The molecule has 0 unspecified atom stereocenters. The Morgan fingerprint density at radius 3 is 2.59 bits per heavy atom. The average Bonchev–Trinajstić information content (AvgIpc) is 3.11. The van der Waals surface area contributed by atoms with Crippen molar-refractivity contribution in [1.29, 1.82) is 0 Å². The number of rotatable bonds is 5. The predicted molar refractivity (Wildman–Crippen MR) is 104 cm³/mol. The Morgan fingerprint density at radius 1 is 1.11 bits per heavy atom. The third kappa shape index (κ3) is 3.28. The number of aromatic amines is 1. The fraction of sp³-hybridized carbons (Fsp3) is 0.227. The summed E-state index contributed by atoms with van der Waals surface area (Å²) in [6, 6.07) is 16.9. The van der Waals surface area contributed by atoms with Gasteiger partial charge < -0.3 is 4.98 Å². The molecule has 1 aromatic heterocycles. The molecule has 4 rings (SSSR count). The van der Waals surface area contributed by atoms with Gasteiger partial charge in [-0.3, -0.25) is 14.9 Å². The van der Waals surface area contributed by atoms with E-state index in [1.165, 1.54) is 0 Å². The summed E-state index contributed by atoms with van der Waals surface area (Å²) in [5.74, 6) is -0.380. The highest BCUT2D eigenvalue weighted by molar-refractivity contribution is 5.83. The van der Waals surface area contributed by atoms with Crippen molar-refractivity contribution in [1.82, 2.24) is 4.98 Å². The number of nitrogens with zero attached hydrogens (tertiary/aromatic N) is 1. The second-order valence-electron chi connectivity index (χ2n) is 7.08. The summed E-state index contributed by atoms with van der Waals surface area (Å²) in [7, 11) is 0. The van der Waals surface area contributed by atoms with Gasteiger partial charge in [0.2, 0.25) is 6.04 Å². The van der Waals surface area contributed by atoms with Gasteiger partial charge in [0.15, 0.2) is 0 Å². The van der Waals surface area contributed by atoms with Crippen LogP contribution in [-0.2, 0) is 11.2 Å². The lowest BCUT2D eigenvalue weighted by molar-refractivity contribution is -0.528. The van der Waals surface area contributed by atoms with E-state index in [4.69, 9.17) is 0 Å². The van der Waals surface area contributed by atoms with Gasteiger partial charge in [-0.1, -0.05) is 54.6 Å². The number of carbonyl (C=O) groups is 1. The van der Waals surface area contributed by atoms with Crippen molar-refractivity contribution in [3.05, 3.63) is 93.7 Å². The molecule has 0 amide bonds. The van der Waals surface area contributed by atoms with Crippen LogP contribution in [0.1, 0.15) is 23.5 Å². The molecule has 3 atom stereocenters. The number of aldehydes is 1. The Hall–Kier alpha value is -3.21. The number of allylic oxidation sites excluding steroid dienone is 1. The topological polar surface area (TPSA) is 76.0 Å². The quantitative estimate of drug-likeness (QED) is 0.419. The number of benzene rings is 2. The van der Waals surface area contributed by atoms with Gasteiger partial charge in [0.1, 0.15) is 6.29 Å². The number of hydrogen-bond acceptors (Lipinski definition) is 3. The molecule has 136 valence electrons. The maximum Gasteiger partial charge on any atom is 0.224 e. The van der Waals surface area contributed by atoms with E-state index in [2.05, 4.69) is 11.1 Å². The lowest BCUT2D eigenvalue weighted by Gasteiger charge is -2.32. The molecule has 0 aliphatic heterocycles. The lowest BCUT2D eigenvalue weighted by atomic mass is 9.71. The minimum Gasteiger partial charge on any atom is -0.361 e. The third-order valence-corrected chi connectivity index (χ3v) is 5.49. The molecule has 1 aliphatic rings. The highest BCUT2D eigenvalue weighted by atomic mass is 16.6. The van der Waals surface area contributed by atoms with Gasteiger partial charge >= 0.3 is 0 Å². The highest BCUT2D eigenvalue weighted by Gasteiger charge is 2.41. The molecule has 0 saturated heterocycles. The first-order valence-corrected chi connectivity index (χ1v) is 9.06. The minimum absolute atomic E-state index is 0.115. The summed E-state index contributed by atoms with van der Waals surface area (Å²) < 4.78 is 0. The number of nitro groups is 1. The first-order chi connectivity index (χ1) is 13.2. The molecule has 0 bridgehead atoms. The molecule has 2 aromatic carbocycles. The van der Waals surface area contributed by atoms with Crippen LogP contribution in [0.4, 0.5) is 0 Å². The average molecular weight is 360 g/mol. The monoisotopic (exact) mass is 360 g/mol. The van der Waals surface area contributed by atoms with Crippen LogP contribution in [0, 0.1) is 16.0 Å². The normalized spacial score (nSPS) is 22.4. The number of nitrogens with one attached hydrogen (secondary N) is 1. The van der Waals surface area contributed by atoms with Crippen molar-refractivity contribution < 1.29 is 9.72 Å². The molecule has 0 spiro atoms. The standard InChI is InChI=1S/C22H20N2O3/c25-14-15-10-17(12-18-13-23-20-9-5-4-8-19(18)20)22(21(11-15)24(26)27)16-6-2-1-3-7-16/h1-10,13-14,17,21-23H,11-12H2/t17-,21+,22-/m1/s1. The van der Waals surface area contributed by atoms with Gasteiger partial charge in [0, 0.05) is 28.4 Å². The molecule has 0 saturated carbocycles. The first kappa shape index (κ1) is 17.2.